The minimum absolute atomic E-state index is 0. The second kappa shape index (κ2) is 6.81. The van der Waals surface area contributed by atoms with Gasteiger partial charge in [-0.1, -0.05) is 0 Å². The van der Waals surface area contributed by atoms with Gasteiger partial charge in [-0.15, -0.1) is 25.6 Å². The third kappa shape index (κ3) is 4.90. The van der Waals surface area contributed by atoms with E-state index in [1.54, 1.807) is 0 Å². The molecule has 112 valence electrons. The molecule has 1 amide bonds. The molecular formula is C12H14ClF3N2O2. The molecule has 1 aliphatic heterocycles. The van der Waals surface area contributed by atoms with Crippen LogP contribution in [0.1, 0.15) is 10.4 Å². The number of hydrogen-bond acceptors (Lipinski definition) is 3. The highest BCUT2D eigenvalue weighted by atomic mass is 35.5. The molecule has 1 aromatic carbocycles. The van der Waals surface area contributed by atoms with Crippen molar-refractivity contribution in [3.63, 3.8) is 0 Å². The zero-order chi connectivity index (χ0) is 13.9. The minimum atomic E-state index is -4.72. The monoisotopic (exact) mass is 310 g/mol. The zero-order valence-corrected chi connectivity index (χ0v) is 11.2. The molecule has 0 bridgehead atoms. The van der Waals surface area contributed by atoms with Crippen molar-refractivity contribution >= 4 is 18.3 Å². The normalized spacial score (nSPS) is 14.9. The molecule has 0 spiro atoms. The van der Waals surface area contributed by atoms with Crippen LogP contribution in [0.25, 0.3) is 0 Å². The van der Waals surface area contributed by atoms with Crippen LogP contribution < -0.4 is 15.4 Å². The highest BCUT2D eigenvalue weighted by Gasteiger charge is 2.31. The number of nitrogens with one attached hydrogen (secondary N) is 2. The Morgan fingerprint density at radius 2 is 1.90 bits per heavy atom. The van der Waals surface area contributed by atoms with E-state index in [0.717, 1.165) is 25.2 Å². The SMILES string of the molecule is Cl.O=C(NCC1CNC1)c1ccc(OC(F)(F)F)cc1. The Morgan fingerprint density at radius 1 is 1.30 bits per heavy atom. The Morgan fingerprint density at radius 3 is 2.35 bits per heavy atom. The third-order valence-electron chi connectivity index (χ3n) is 2.77. The smallest absolute Gasteiger partial charge is 0.406 e. The van der Waals surface area contributed by atoms with Gasteiger partial charge < -0.3 is 15.4 Å². The maximum Gasteiger partial charge on any atom is 0.573 e. The predicted octanol–water partition coefficient (Wildman–Crippen LogP) is 1.96. The fourth-order valence-corrected chi connectivity index (χ4v) is 1.64. The summed E-state index contributed by atoms with van der Waals surface area (Å²) in [7, 11) is 0. The largest absolute Gasteiger partial charge is 0.573 e. The molecule has 4 nitrogen and oxygen atoms in total. The van der Waals surface area contributed by atoms with Gasteiger partial charge in [-0.3, -0.25) is 4.79 Å². The van der Waals surface area contributed by atoms with Crippen molar-refractivity contribution in [3.8, 4) is 5.75 Å². The molecule has 1 heterocycles. The molecule has 0 saturated carbocycles. The van der Waals surface area contributed by atoms with Gasteiger partial charge in [0.2, 0.25) is 0 Å². The number of amides is 1. The van der Waals surface area contributed by atoms with Crippen LogP contribution in [0.3, 0.4) is 0 Å². The molecule has 0 aromatic heterocycles. The maximum atomic E-state index is 11.9. The van der Waals surface area contributed by atoms with E-state index >= 15 is 0 Å². The lowest BCUT2D eigenvalue weighted by Crippen LogP contribution is -2.48. The highest BCUT2D eigenvalue weighted by Crippen LogP contribution is 2.22. The number of rotatable bonds is 4. The van der Waals surface area contributed by atoms with E-state index in [0.29, 0.717) is 18.0 Å². The number of hydrogen-bond donors (Lipinski definition) is 2. The molecule has 1 aromatic rings. The van der Waals surface area contributed by atoms with E-state index in [1.165, 1.54) is 12.1 Å². The molecule has 2 N–H and O–H groups in total. The van der Waals surface area contributed by atoms with E-state index in [9.17, 15) is 18.0 Å². The van der Waals surface area contributed by atoms with E-state index in [1.807, 2.05) is 0 Å². The lowest BCUT2D eigenvalue weighted by Gasteiger charge is -2.27. The summed E-state index contributed by atoms with van der Waals surface area (Å²) in [5, 5.41) is 5.81. The van der Waals surface area contributed by atoms with E-state index in [2.05, 4.69) is 15.4 Å². The molecule has 0 aliphatic carbocycles. The van der Waals surface area contributed by atoms with Crippen molar-refractivity contribution in [2.45, 2.75) is 6.36 Å². The Bertz CT molecular complexity index is 447. The average molecular weight is 311 g/mol. The van der Waals surface area contributed by atoms with Crippen molar-refractivity contribution in [2.75, 3.05) is 19.6 Å². The molecule has 8 heteroatoms. The first-order valence-electron chi connectivity index (χ1n) is 5.79. The second-order valence-electron chi connectivity index (χ2n) is 4.31. The summed E-state index contributed by atoms with van der Waals surface area (Å²) >= 11 is 0. The van der Waals surface area contributed by atoms with Crippen LogP contribution in [0.15, 0.2) is 24.3 Å². The molecule has 1 aliphatic rings. The number of carbonyl (C=O) groups is 1. The minimum Gasteiger partial charge on any atom is -0.406 e. The van der Waals surface area contributed by atoms with E-state index < -0.39 is 6.36 Å². The predicted molar refractivity (Wildman–Crippen MR) is 69.1 cm³/mol. The van der Waals surface area contributed by atoms with Crippen LogP contribution in [0.2, 0.25) is 0 Å². The summed E-state index contributed by atoms with van der Waals surface area (Å²) in [6.45, 7) is 2.31. The Balaban J connectivity index is 0.00000200. The van der Waals surface area contributed by atoms with Crippen LogP contribution in [-0.2, 0) is 0 Å². The summed E-state index contributed by atoms with van der Waals surface area (Å²) in [6, 6.07) is 4.84. The Labute approximate surface area is 120 Å². The zero-order valence-electron chi connectivity index (χ0n) is 10.4. The first kappa shape index (κ1) is 16.6. The average Bonchev–Trinajstić information content (AvgIpc) is 2.25. The summed E-state index contributed by atoms with van der Waals surface area (Å²) in [5.74, 6) is -0.213. The van der Waals surface area contributed by atoms with Gasteiger partial charge >= 0.3 is 6.36 Å². The van der Waals surface area contributed by atoms with Gasteiger partial charge in [-0.25, -0.2) is 0 Å². The Kier molecular flexibility index (Phi) is 5.64. The standard InChI is InChI=1S/C12H13F3N2O2.ClH/c13-12(14,15)19-10-3-1-9(2-4-10)11(18)17-7-8-5-16-6-8;/h1-4,8,16H,5-7H2,(H,17,18);1H. The quantitative estimate of drug-likeness (QED) is 0.894. The first-order chi connectivity index (χ1) is 8.94. The number of alkyl halides is 3. The number of halogens is 4. The number of benzene rings is 1. The van der Waals surface area contributed by atoms with Gasteiger partial charge in [-0.05, 0) is 24.3 Å². The summed E-state index contributed by atoms with van der Waals surface area (Å²) in [6.07, 6.45) is -4.72. The molecule has 20 heavy (non-hydrogen) atoms. The fourth-order valence-electron chi connectivity index (χ4n) is 1.64. The second-order valence-corrected chi connectivity index (χ2v) is 4.31. The van der Waals surface area contributed by atoms with Gasteiger partial charge in [0.25, 0.3) is 5.91 Å². The van der Waals surface area contributed by atoms with Gasteiger partial charge in [0, 0.05) is 31.1 Å². The van der Waals surface area contributed by atoms with Gasteiger partial charge in [-0.2, -0.15) is 0 Å². The van der Waals surface area contributed by atoms with Crippen LogP contribution in [0.4, 0.5) is 13.2 Å². The molecule has 1 fully saturated rings. The molecule has 0 unspecified atom stereocenters. The van der Waals surface area contributed by atoms with Gasteiger partial charge in [0.05, 0.1) is 0 Å². The highest BCUT2D eigenvalue weighted by molar-refractivity contribution is 5.94. The molecular weight excluding hydrogens is 297 g/mol. The van der Waals surface area contributed by atoms with Crippen molar-refractivity contribution in [1.29, 1.82) is 0 Å². The number of carbonyl (C=O) groups excluding carboxylic acids is 1. The summed E-state index contributed by atoms with van der Waals surface area (Å²) in [4.78, 5) is 11.7. The lowest BCUT2D eigenvalue weighted by atomic mass is 10.0. The Hall–Kier alpha value is -1.47. The fraction of sp³-hybridized carbons (Fsp3) is 0.417. The first-order valence-corrected chi connectivity index (χ1v) is 5.79. The topological polar surface area (TPSA) is 50.4 Å². The molecule has 0 radical (unpaired) electrons. The van der Waals surface area contributed by atoms with E-state index in [4.69, 9.17) is 0 Å². The van der Waals surface area contributed by atoms with Crippen LogP contribution >= 0.6 is 12.4 Å². The maximum absolute atomic E-state index is 11.9. The number of ether oxygens (including phenoxy) is 1. The van der Waals surface area contributed by atoms with Crippen molar-refractivity contribution < 1.29 is 22.7 Å². The summed E-state index contributed by atoms with van der Waals surface area (Å²) in [5.41, 5.74) is 0.307. The van der Waals surface area contributed by atoms with Gasteiger partial charge in [0.1, 0.15) is 5.75 Å². The van der Waals surface area contributed by atoms with Crippen LogP contribution in [0, 0.1) is 5.92 Å². The van der Waals surface area contributed by atoms with Crippen LogP contribution in [0.5, 0.6) is 5.75 Å². The summed E-state index contributed by atoms with van der Waals surface area (Å²) < 4.78 is 39.6. The molecule has 2 rings (SSSR count). The third-order valence-corrected chi connectivity index (χ3v) is 2.77. The van der Waals surface area contributed by atoms with Crippen LogP contribution in [-0.4, -0.2) is 31.9 Å². The molecule has 1 saturated heterocycles. The lowest BCUT2D eigenvalue weighted by molar-refractivity contribution is -0.274. The van der Waals surface area contributed by atoms with Crippen molar-refractivity contribution in [1.82, 2.24) is 10.6 Å². The van der Waals surface area contributed by atoms with E-state index in [-0.39, 0.29) is 24.1 Å². The van der Waals surface area contributed by atoms with Crippen molar-refractivity contribution in [2.24, 2.45) is 5.92 Å². The van der Waals surface area contributed by atoms with Gasteiger partial charge in [0.15, 0.2) is 0 Å². The van der Waals surface area contributed by atoms with Crippen molar-refractivity contribution in [3.05, 3.63) is 29.8 Å². The molecule has 0 atom stereocenters.